The van der Waals surface area contributed by atoms with Crippen LogP contribution in [0, 0.1) is 0 Å². The van der Waals surface area contributed by atoms with Gasteiger partial charge in [-0.1, -0.05) is 23.7 Å². The fourth-order valence-electron chi connectivity index (χ4n) is 3.60. The Labute approximate surface area is 144 Å². The minimum absolute atomic E-state index is 0.277. The van der Waals surface area contributed by atoms with E-state index in [0.717, 1.165) is 31.2 Å². The summed E-state index contributed by atoms with van der Waals surface area (Å²) in [5, 5.41) is 0.791. The van der Waals surface area contributed by atoms with Gasteiger partial charge in [-0.05, 0) is 62.9 Å². The minimum atomic E-state index is 0.277. The van der Waals surface area contributed by atoms with Crippen LogP contribution < -0.4 is 5.73 Å². The van der Waals surface area contributed by atoms with Gasteiger partial charge in [0.1, 0.15) is 0 Å². The molecule has 0 amide bonds. The minimum Gasteiger partial charge on any atom is -0.370 e. The first-order valence-electron chi connectivity index (χ1n) is 8.78. The van der Waals surface area contributed by atoms with E-state index in [1.807, 2.05) is 12.1 Å². The maximum Gasteiger partial charge on any atom is 0.191 e. The van der Waals surface area contributed by atoms with Gasteiger partial charge in [-0.3, -0.25) is 9.89 Å². The van der Waals surface area contributed by atoms with Crippen LogP contribution in [0.2, 0.25) is 5.02 Å². The van der Waals surface area contributed by atoms with E-state index in [0.29, 0.717) is 12.5 Å². The smallest absolute Gasteiger partial charge is 0.191 e. The van der Waals surface area contributed by atoms with Crippen LogP contribution in [0.15, 0.2) is 29.3 Å². The Morgan fingerprint density at radius 1 is 1.09 bits per heavy atom. The van der Waals surface area contributed by atoms with Crippen LogP contribution in [0.3, 0.4) is 0 Å². The molecule has 1 atom stereocenters. The van der Waals surface area contributed by atoms with E-state index in [-0.39, 0.29) is 6.04 Å². The molecule has 2 saturated heterocycles. The highest BCUT2D eigenvalue weighted by molar-refractivity contribution is 6.30. The first kappa shape index (κ1) is 16.6. The molecule has 23 heavy (non-hydrogen) atoms. The van der Waals surface area contributed by atoms with Crippen molar-refractivity contribution in [2.75, 3.05) is 32.7 Å². The van der Waals surface area contributed by atoms with Crippen molar-refractivity contribution >= 4 is 17.6 Å². The number of hydrogen-bond acceptors (Lipinski definition) is 2. The van der Waals surface area contributed by atoms with Crippen LogP contribution in [0.1, 0.15) is 43.7 Å². The lowest BCUT2D eigenvalue weighted by atomic mass is 10.1. The number of piperidine rings is 1. The molecule has 5 heteroatoms. The van der Waals surface area contributed by atoms with Crippen molar-refractivity contribution in [2.45, 2.75) is 38.1 Å². The van der Waals surface area contributed by atoms with E-state index in [2.05, 4.69) is 21.9 Å². The van der Waals surface area contributed by atoms with Gasteiger partial charge >= 0.3 is 0 Å². The molecule has 0 radical (unpaired) electrons. The van der Waals surface area contributed by atoms with Gasteiger partial charge in [-0.15, -0.1) is 0 Å². The summed E-state index contributed by atoms with van der Waals surface area (Å²) in [5.74, 6) is 0.705. The molecule has 4 nitrogen and oxygen atoms in total. The number of hydrogen-bond donors (Lipinski definition) is 1. The van der Waals surface area contributed by atoms with Gasteiger partial charge in [-0.25, -0.2) is 0 Å². The van der Waals surface area contributed by atoms with Crippen molar-refractivity contribution in [1.29, 1.82) is 0 Å². The summed E-state index contributed by atoms with van der Waals surface area (Å²) in [6, 6.07) is 8.45. The summed E-state index contributed by atoms with van der Waals surface area (Å²) in [6.07, 6.45) is 6.29. The molecule has 3 rings (SSSR count). The number of halogens is 1. The molecular formula is C18H27ClN4. The Bertz CT molecular complexity index is 534. The Hall–Kier alpha value is -1.26. The van der Waals surface area contributed by atoms with E-state index in [1.54, 1.807) is 0 Å². The normalized spacial score (nSPS) is 21.6. The number of rotatable bonds is 4. The zero-order valence-electron chi connectivity index (χ0n) is 13.8. The van der Waals surface area contributed by atoms with E-state index >= 15 is 0 Å². The largest absolute Gasteiger partial charge is 0.370 e. The summed E-state index contributed by atoms with van der Waals surface area (Å²) in [4.78, 5) is 9.47. The molecule has 0 aromatic heterocycles. The van der Waals surface area contributed by atoms with Gasteiger partial charge in [0.25, 0.3) is 0 Å². The predicted molar refractivity (Wildman–Crippen MR) is 96.9 cm³/mol. The third-order valence-corrected chi connectivity index (χ3v) is 5.16. The van der Waals surface area contributed by atoms with E-state index in [1.165, 1.54) is 37.7 Å². The molecule has 0 aliphatic carbocycles. The second-order valence-electron chi connectivity index (χ2n) is 6.56. The summed E-state index contributed by atoms with van der Waals surface area (Å²) >= 11 is 6.19. The maximum atomic E-state index is 6.23. The quantitative estimate of drug-likeness (QED) is 0.679. The van der Waals surface area contributed by atoms with Crippen LogP contribution in [-0.2, 0) is 0 Å². The highest BCUT2D eigenvalue weighted by Crippen LogP contribution is 2.27. The third kappa shape index (κ3) is 4.39. The second kappa shape index (κ2) is 8.02. The van der Waals surface area contributed by atoms with E-state index < -0.39 is 0 Å². The zero-order chi connectivity index (χ0) is 16.1. The Morgan fingerprint density at radius 3 is 2.48 bits per heavy atom. The molecule has 0 bridgehead atoms. The van der Waals surface area contributed by atoms with Gasteiger partial charge < -0.3 is 10.6 Å². The number of aliphatic imine (C=N–C) groups is 1. The van der Waals surface area contributed by atoms with Crippen LogP contribution in [-0.4, -0.2) is 48.5 Å². The van der Waals surface area contributed by atoms with Crippen molar-refractivity contribution < 1.29 is 0 Å². The number of nitrogens with zero attached hydrogens (tertiary/aromatic N) is 3. The van der Waals surface area contributed by atoms with Crippen molar-refractivity contribution in [3.05, 3.63) is 34.9 Å². The molecule has 0 saturated carbocycles. The van der Waals surface area contributed by atoms with E-state index in [9.17, 15) is 0 Å². The highest BCUT2D eigenvalue weighted by Gasteiger charge is 2.24. The lowest BCUT2D eigenvalue weighted by Gasteiger charge is -2.30. The maximum absolute atomic E-state index is 6.23. The van der Waals surface area contributed by atoms with Crippen LogP contribution in [0.25, 0.3) is 0 Å². The molecule has 0 spiro atoms. The molecule has 2 heterocycles. The van der Waals surface area contributed by atoms with Crippen molar-refractivity contribution in [3.63, 3.8) is 0 Å². The number of benzene rings is 1. The third-order valence-electron chi connectivity index (χ3n) is 4.92. The van der Waals surface area contributed by atoms with Crippen molar-refractivity contribution in [1.82, 2.24) is 9.80 Å². The standard InChI is InChI=1S/C18H27ClN4/c19-16-8-6-7-15(13-16)17(22-9-4-5-10-22)14-21-18(20)23-11-2-1-3-12-23/h6-8,13,17H,1-5,9-12,14H2,(H2,20,21). The summed E-state index contributed by atoms with van der Waals surface area (Å²) in [5.41, 5.74) is 7.48. The van der Waals surface area contributed by atoms with Crippen molar-refractivity contribution in [3.8, 4) is 0 Å². The first-order chi connectivity index (χ1) is 11.2. The summed E-state index contributed by atoms with van der Waals surface area (Å²) in [7, 11) is 0. The average molecular weight is 335 g/mol. The Morgan fingerprint density at radius 2 is 1.78 bits per heavy atom. The highest BCUT2D eigenvalue weighted by atomic mass is 35.5. The van der Waals surface area contributed by atoms with Crippen LogP contribution >= 0.6 is 11.6 Å². The van der Waals surface area contributed by atoms with Gasteiger partial charge in [0.15, 0.2) is 5.96 Å². The van der Waals surface area contributed by atoms with E-state index in [4.69, 9.17) is 22.3 Å². The Kier molecular flexibility index (Phi) is 5.79. The fourth-order valence-corrected chi connectivity index (χ4v) is 3.80. The zero-order valence-corrected chi connectivity index (χ0v) is 14.5. The first-order valence-corrected chi connectivity index (χ1v) is 9.16. The Balaban J connectivity index is 1.73. The molecular weight excluding hydrogens is 308 g/mol. The molecule has 2 aliphatic rings. The van der Waals surface area contributed by atoms with Crippen molar-refractivity contribution in [2.24, 2.45) is 10.7 Å². The molecule has 126 valence electrons. The molecule has 2 fully saturated rings. The molecule has 1 unspecified atom stereocenters. The SMILES string of the molecule is NC(=NCC(c1cccc(Cl)c1)N1CCCC1)N1CCCCC1. The number of guanidine groups is 1. The fraction of sp³-hybridized carbons (Fsp3) is 0.611. The molecule has 2 aliphatic heterocycles. The molecule has 1 aromatic rings. The van der Waals surface area contributed by atoms with Crippen LogP contribution in [0.4, 0.5) is 0 Å². The summed E-state index contributed by atoms with van der Waals surface area (Å²) < 4.78 is 0. The predicted octanol–water partition coefficient (Wildman–Crippen LogP) is 3.28. The van der Waals surface area contributed by atoms with Crippen LogP contribution in [0.5, 0.6) is 0 Å². The summed E-state index contributed by atoms with van der Waals surface area (Å²) in [6.45, 7) is 5.07. The monoisotopic (exact) mass is 334 g/mol. The average Bonchev–Trinajstić information content (AvgIpc) is 3.10. The lowest BCUT2D eigenvalue weighted by molar-refractivity contribution is 0.250. The second-order valence-corrected chi connectivity index (χ2v) is 7.00. The number of nitrogens with two attached hydrogens (primary N) is 1. The molecule has 2 N–H and O–H groups in total. The van der Waals surface area contributed by atoms with Gasteiger partial charge in [0.2, 0.25) is 0 Å². The number of likely N-dealkylation sites (tertiary alicyclic amines) is 2. The lowest BCUT2D eigenvalue weighted by Crippen LogP contribution is -2.41. The molecule has 1 aromatic carbocycles. The topological polar surface area (TPSA) is 44.9 Å². The van der Waals surface area contributed by atoms with Gasteiger partial charge in [-0.2, -0.15) is 0 Å². The van der Waals surface area contributed by atoms with Gasteiger partial charge in [0, 0.05) is 18.1 Å². The van der Waals surface area contributed by atoms with Gasteiger partial charge in [0.05, 0.1) is 12.6 Å².